The van der Waals surface area contributed by atoms with Crippen LogP contribution < -0.4 is 26.0 Å². The van der Waals surface area contributed by atoms with E-state index >= 15 is 0 Å². The van der Waals surface area contributed by atoms with Gasteiger partial charge >= 0.3 is 5.69 Å². The van der Waals surface area contributed by atoms with Crippen molar-refractivity contribution in [3.05, 3.63) is 50.4 Å². The molecule has 0 radical (unpaired) electrons. The molecule has 0 atom stereocenters. The second-order valence-corrected chi connectivity index (χ2v) is 9.76. The van der Waals surface area contributed by atoms with Gasteiger partial charge in [-0.05, 0) is 30.0 Å². The van der Waals surface area contributed by atoms with Gasteiger partial charge in [0.05, 0.1) is 5.75 Å². The van der Waals surface area contributed by atoms with Gasteiger partial charge in [-0.15, -0.1) is 0 Å². The number of carbonyl (C=O) groups excluding carboxylic acids is 1. The molecule has 1 aromatic carbocycles. The Morgan fingerprint density at radius 3 is 2.71 bits per heavy atom. The minimum absolute atomic E-state index is 0.0633. The van der Waals surface area contributed by atoms with Gasteiger partial charge in [0.15, 0.2) is 17.1 Å². The van der Waals surface area contributed by atoms with Crippen molar-refractivity contribution in [3.63, 3.8) is 0 Å². The number of aromatic nitrogens is 4. The van der Waals surface area contributed by atoms with Crippen LogP contribution in [-0.4, -0.2) is 37.6 Å². The Hall–Kier alpha value is -3.34. The SMILES string of the molecule is CCCn1c(=O)n(C)c(=O)c2c(SCC(=O)NCc3ccc4c(c3)OCO4)nc(CC(C)C)nc21. The molecule has 186 valence electrons. The molecular formula is C24H29N5O5S. The normalized spacial score (nSPS) is 12.5. The van der Waals surface area contributed by atoms with E-state index in [2.05, 4.69) is 15.3 Å². The van der Waals surface area contributed by atoms with Crippen LogP contribution in [0, 0.1) is 5.92 Å². The fraction of sp³-hybridized carbons (Fsp3) is 0.458. The third-order valence-corrected chi connectivity index (χ3v) is 6.48. The minimum atomic E-state index is -0.461. The predicted octanol–water partition coefficient (Wildman–Crippen LogP) is 2.24. The van der Waals surface area contributed by atoms with E-state index in [1.54, 1.807) is 0 Å². The van der Waals surface area contributed by atoms with Gasteiger partial charge in [0.1, 0.15) is 16.2 Å². The van der Waals surface area contributed by atoms with Crippen molar-refractivity contribution in [2.75, 3.05) is 12.5 Å². The van der Waals surface area contributed by atoms with Gasteiger partial charge in [-0.2, -0.15) is 0 Å². The maximum absolute atomic E-state index is 13.0. The number of benzene rings is 1. The molecule has 0 unspecified atom stereocenters. The Morgan fingerprint density at radius 2 is 1.97 bits per heavy atom. The van der Waals surface area contributed by atoms with Crippen LogP contribution in [0.5, 0.6) is 11.5 Å². The van der Waals surface area contributed by atoms with Gasteiger partial charge in [0.25, 0.3) is 5.56 Å². The van der Waals surface area contributed by atoms with E-state index in [4.69, 9.17) is 9.47 Å². The Labute approximate surface area is 206 Å². The van der Waals surface area contributed by atoms with Crippen molar-refractivity contribution in [2.45, 2.75) is 51.7 Å². The molecule has 1 N–H and O–H groups in total. The molecule has 2 aromatic heterocycles. The van der Waals surface area contributed by atoms with E-state index in [0.29, 0.717) is 53.9 Å². The third kappa shape index (κ3) is 5.34. The molecule has 1 amide bonds. The summed E-state index contributed by atoms with van der Waals surface area (Å²) in [6, 6.07) is 5.52. The molecule has 0 aliphatic carbocycles. The molecule has 0 saturated heterocycles. The molecule has 35 heavy (non-hydrogen) atoms. The lowest BCUT2D eigenvalue weighted by molar-refractivity contribution is -0.118. The van der Waals surface area contributed by atoms with Gasteiger partial charge in [-0.1, -0.05) is 38.6 Å². The van der Waals surface area contributed by atoms with Crippen LogP contribution in [0.25, 0.3) is 11.0 Å². The summed E-state index contributed by atoms with van der Waals surface area (Å²) >= 11 is 1.17. The molecule has 0 fully saturated rings. The molecule has 10 nitrogen and oxygen atoms in total. The number of ether oxygens (including phenoxy) is 2. The number of nitrogens with zero attached hydrogens (tertiary/aromatic N) is 4. The Balaban J connectivity index is 1.59. The summed E-state index contributed by atoms with van der Waals surface area (Å²) in [7, 11) is 1.45. The Bertz CT molecular complexity index is 1380. The highest BCUT2D eigenvalue weighted by Crippen LogP contribution is 2.32. The van der Waals surface area contributed by atoms with Crippen LogP contribution in [-0.2, 0) is 31.4 Å². The van der Waals surface area contributed by atoms with Crippen molar-refractivity contribution in [3.8, 4) is 11.5 Å². The smallest absolute Gasteiger partial charge is 0.332 e. The number of hydrogen-bond donors (Lipinski definition) is 1. The molecule has 0 spiro atoms. The largest absolute Gasteiger partial charge is 0.454 e. The number of thioether (sulfide) groups is 1. The number of nitrogens with one attached hydrogen (secondary N) is 1. The first-order chi connectivity index (χ1) is 16.8. The maximum Gasteiger partial charge on any atom is 0.332 e. The highest BCUT2D eigenvalue weighted by atomic mass is 32.2. The summed E-state index contributed by atoms with van der Waals surface area (Å²) in [5, 5.41) is 3.56. The second-order valence-electron chi connectivity index (χ2n) is 8.79. The fourth-order valence-corrected chi connectivity index (χ4v) is 4.67. The van der Waals surface area contributed by atoms with Crippen LogP contribution >= 0.6 is 11.8 Å². The maximum atomic E-state index is 13.0. The van der Waals surface area contributed by atoms with Crippen LogP contribution in [0.3, 0.4) is 0 Å². The van der Waals surface area contributed by atoms with E-state index in [1.807, 2.05) is 39.0 Å². The number of hydrogen-bond acceptors (Lipinski definition) is 8. The first-order valence-electron chi connectivity index (χ1n) is 11.6. The highest BCUT2D eigenvalue weighted by molar-refractivity contribution is 8.00. The quantitative estimate of drug-likeness (QED) is 0.352. The molecule has 4 rings (SSSR count). The van der Waals surface area contributed by atoms with Crippen LogP contribution in [0.4, 0.5) is 0 Å². The summed E-state index contributed by atoms with van der Waals surface area (Å²) in [4.78, 5) is 47.7. The van der Waals surface area contributed by atoms with E-state index in [1.165, 1.54) is 23.4 Å². The van der Waals surface area contributed by atoms with Crippen LogP contribution in [0.15, 0.2) is 32.8 Å². The van der Waals surface area contributed by atoms with E-state index < -0.39 is 11.2 Å². The van der Waals surface area contributed by atoms with Crippen LogP contribution in [0.1, 0.15) is 38.6 Å². The van der Waals surface area contributed by atoms with Crippen molar-refractivity contribution < 1.29 is 14.3 Å². The summed E-state index contributed by atoms with van der Waals surface area (Å²) in [5.74, 6) is 2.04. The number of carbonyl (C=O) groups is 1. The average molecular weight is 500 g/mol. The molecule has 11 heteroatoms. The predicted molar refractivity (Wildman–Crippen MR) is 133 cm³/mol. The lowest BCUT2D eigenvalue weighted by Crippen LogP contribution is -2.39. The summed E-state index contributed by atoms with van der Waals surface area (Å²) in [6.07, 6.45) is 1.30. The Morgan fingerprint density at radius 1 is 1.20 bits per heavy atom. The second kappa shape index (κ2) is 10.5. The number of fused-ring (bicyclic) bond motifs is 2. The summed E-state index contributed by atoms with van der Waals surface area (Å²) in [5.41, 5.74) is 0.346. The molecule has 3 heterocycles. The van der Waals surface area contributed by atoms with Crippen molar-refractivity contribution in [1.82, 2.24) is 24.4 Å². The van der Waals surface area contributed by atoms with Crippen LogP contribution in [0.2, 0.25) is 0 Å². The molecule has 0 bridgehead atoms. The van der Waals surface area contributed by atoms with E-state index in [9.17, 15) is 14.4 Å². The third-order valence-electron chi connectivity index (χ3n) is 5.50. The molecule has 1 aliphatic rings. The minimum Gasteiger partial charge on any atom is -0.454 e. The summed E-state index contributed by atoms with van der Waals surface area (Å²) in [6.45, 7) is 7.01. The lowest BCUT2D eigenvalue weighted by atomic mass is 10.1. The van der Waals surface area contributed by atoms with Gasteiger partial charge in [0, 0.05) is 26.6 Å². The zero-order valence-corrected chi connectivity index (χ0v) is 21.1. The van der Waals surface area contributed by atoms with E-state index in [-0.39, 0.29) is 29.8 Å². The fourth-order valence-electron chi connectivity index (χ4n) is 3.80. The van der Waals surface area contributed by atoms with Gasteiger partial charge in [-0.25, -0.2) is 14.8 Å². The highest BCUT2D eigenvalue weighted by Gasteiger charge is 2.20. The van der Waals surface area contributed by atoms with Gasteiger partial charge < -0.3 is 14.8 Å². The Kier molecular flexibility index (Phi) is 7.44. The molecule has 0 saturated carbocycles. The number of aryl methyl sites for hydroxylation is 1. The molecular weight excluding hydrogens is 470 g/mol. The van der Waals surface area contributed by atoms with Crippen molar-refractivity contribution in [2.24, 2.45) is 13.0 Å². The van der Waals surface area contributed by atoms with Gasteiger partial charge in [0.2, 0.25) is 12.7 Å². The molecule has 3 aromatic rings. The monoisotopic (exact) mass is 499 g/mol. The molecule has 1 aliphatic heterocycles. The van der Waals surface area contributed by atoms with Crippen molar-refractivity contribution in [1.29, 1.82) is 0 Å². The topological polar surface area (TPSA) is 117 Å². The first-order valence-corrected chi connectivity index (χ1v) is 12.6. The zero-order valence-electron chi connectivity index (χ0n) is 20.3. The first kappa shape index (κ1) is 24.8. The van der Waals surface area contributed by atoms with Crippen molar-refractivity contribution >= 4 is 28.7 Å². The summed E-state index contributed by atoms with van der Waals surface area (Å²) < 4.78 is 13.3. The standard InChI is InChI=1S/C24H29N5O5S/c1-5-8-29-21-20(23(31)28(4)24(29)32)22(27-18(26-21)9-14(2)3)35-12-19(30)25-11-15-6-7-16-17(10-15)34-13-33-16/h6-7,10,14H,5,8-9,11-13H2,1-4H3,(H,25,30). The lowest BCUT2D eigenvalue weighted by Gasteiger charge is -2.14. The number of amides is 1. The average Bonchev–Trinajstić information content (AvgIpc) is 3.30. The zero-order chi connectivity index (χ0) is 25.1. The van der Waals surface area contributed by atoms with Gasteiger partial charge in [-0.3, -0.25) is 18.7 Å². The van der Waals surface area contributed by atoms with E-state index in [0.717, 1.165) is 10.1 Å². The number of rotatable bonds is 9.